The summed E-state index contributed by atoms with van der Waals surface area (Å²) in [5.74, 6) is 3.91. The summed E-state index contributed by atoms with van der Waals surface area (Å²) >= 11 is 0. The van der Waals surface area contributed by atoms with Gasteiger partial charge < -0.3 is 10.9 Å². The standard InChI is InChI=1S/C17H23NO.C17H20NO.B.Na.H/c2*1-14-11-17(12-14)19-16-7-9-18(10-8-16)13-15-5-3-2-4-6-15;;;/h2-7,14,17H,8-13H2,1H3;2-10,14,17H,11-13H2,1H3;;;/q;+1;;+1;-1. The number of rotatable bonds is 8. The van der Waals surface area contributed by atoms with Crippen LogP contribution in [0.15, 0.2) is 97.0 Å². The fraction of sp³-hybridized carbons (Fsp3) is 0.441. The quantitative estimate of drug-likeness (QED) is 0.320. The molecule has 205 valence electrons. The van der Waals surface area contributed by atoms with Crippen LogP contribution in [0.3, 0.4) is 0 Å². The summed E-state index contributed by atoms with van der Waals surface area (Å²) in [5.41, 5.74) is 2.71. The molecule has 1 aliphatic heterocycles. The van der Waals surface area contributed by atoms with Gasteiger partial charge in [-0.15, -0.1) is 0 Å². The molecule has 3 radical (unpaired) electrons. The summed E-state index contributed by atoms with van der Waals surface area (Å²) in [7, 11) is 0. The van der Waals surface area contributed by atoms with Crippen molar-refractivity contribution in [3.63, 3.8) is 0 Å². The fourth-order valence-corrected chi connectivity index (χ4v) is 5.46. The number of nitrogens with zero attached hydrogens (tertiary/aromatic N) is 2. The van der Waals surface area contributed by atoms with Crippen molar-refractivity contribution in [1.82, 2.24) is 4.90 Å². The van der Waals surface area contributed by atoms with E-state index in [9.17, 15) is 0 Å². The molecule has 0 bridgehead atoms. The maximum absolute atomic E-state index is 6.03. The van der Waals surface area contributed by atoms with Gasteiger partial charge >= 0.3 is 29.6 Å². The number of aromatic nitrogens is 1. The number of pyridine rings is 1. The number of hydrogen-bond acceptors (Lipinski definition) is 3. The maximum atomic E-state index is 6.03. The van der Waals surface area contributed by atoms with E-state index in [0.29, 0.717) is 12.2 Å². The zero-order valence-corrected chi connectivity index (χ0v) is 26.6. The zero-order valence-electron chi connectivity index (χ0n) is 25.6. The Morgan fingerprint density at radius 3 is 1.85 bits per heavy atom. The number of hydrogen-bond donors (Lipinski definition) is 0. The van der Waals surface area contributed by atoms with E-state index in [2.05, 4.69) is 109 Å². The molecule has 2 fully saturated rings. The fourth-order valence-electron chi connectivity index (χ4n) is 5.46. The van der Waals surface area contributed by atoms with Gasteiger partial charge in [0, 0.05) is 52.2 Å². The van der Waals surface area contributed by atoms with Gasteiger partial charge in [0.15, 0.2) is 18.9 Å². The van der Waals surface area contributed by atoms with Gasteiger partial charge in [-0.1, -0.05) is 74.5 Å². The van der Waals surface area contributed by atoms with Gasteiger partial charge in [0.1, 0.15) is 5.75 Å². The van der Waals surface area contributed by atoms with Crippen LogP contribution in [0.1, 0.15) is 58.5 Å². The first-order valence-electron chi connectivity index (χ1n) is 14.4. The molecule has 4 nitrogen and oxygen atoms in total. The summed E-state index contributed by atoms with van der Waals surface area (Å²) in [6.45, 7) is 8.66. The summed E-state index contributed by atoms with van der Waals surface area (Å²) in [6, 6.07) is 25.3. The summed E-state index contributed by atoms with van der Waals surface area (Å²) < 4.78 is 14.1. The molecule has 2 aromatic carbocycles. The van der Waals surface area contributed by atoms with E-state index in [0.717, 1.165) is 50.2 Å². The van der Waals surface area contributed by atoms with E-state index in [1.54, 1.807) is 0 Å². The summed E-state index contributed by atoms with van der Waals surface area (Å²) in [5, 5.41) is 0. The third-order valence-corrected chi connectivity index (χ3v) is 7.85. The van der Waals surface area contributed by atoms with Crippen molar-refractivity contribution < 1.29 is 45.0 Å². The molecule has 0 N–H and O–H groups in total. The molecule has 3 aliphatic rings. The monoisotopic (exact) mass is 546 g/mol. The van der Waals surface area contributed by atoms with E-state index in [4.69, 9.17) is 9.47 Å². The molecular formula is C34H44BN2NaO2+. The molecule has 6 heteroatoms. The van der Waals surface area contributed by atoms with Crippen molar-refractivity contribution in [2.45, 2.75) is 71.2 Å². The Morgan fingerprint density at radius 1 is 0.775 bits per heavy atom. The SMILES string of the molecule is CC1CC(OC2=CCN(Cc3ccccc3)CC2)C1.CC1CC(Oc2cc[n+](Cc3ccccc3)cc2)C1.[B].[H-].[Na+]. The minimum atomic E-state index is 0. The van der Waals surface area contributed by atoms with Crippen LogP contribution >= 0.6 is 0 Å². The molecule has 2 saturated carbocycles. The van der Waals surface area contributed by atoms with E-state index in [1.165, 1.54) is 42.6 Å². The largest absolute Gasteiger partial charge is 1.00 e. The first-order valence-corrected chi connectivity index (χ1v) is 14.4. The third kappa shape index (κ3) is 10.1. The minimum absolute atomic E-state index is 0. The van der Waals surface area contributed by atoms with Crippen molar-refractivity contribution in [3.8, 4) is 5.75 Å². The van der Waals surface area contributed by atoms with Crippen molar-refractivity contribution in [2.24, 2.45) is 11.8 Å². The molecule has 0 spiro atoms. The average Bonchev–Trinajstić information content (AvgIpc) is 2.91. The van der Waals surface area contributed by atoms with Crippen LogP contribution in [0.2, 0.25) is 0 Å². The van der Waals surface area contributed by atoms with E-state index in [1.807, 2.05) is 6.07 Å². The number of benzene rings is 2. The van der Waals surface area contributed by atoms with Gasteiger partial charge in [-0.25, -0.2) is 4.57 Å². The summed E-state index contributed by atoms with van der Waals surface area (Å²) in [4.78, 5) is 2.48. The smallest absolute Gasteiger partial charge is 1.00 e. The third-order valence-electron chi connectivity index (χ3n) is 7.85. The van der Waals surface area contributed by atoms with Gasteiger partial charge in [-0.2, -0.15) is 0 Å². The Bertz CT molecular complexity index is 1150. The molecule has 3 aromatic rings. The van der Waals surface area contributed by atoms with Crippen LogP contribution in [-0.2, 0) is 17.8 Å². The van der Waals surface area contributed by atoms with Crippen molar-refractivity contribution >= 4 is 8.41 Å². The van der Waals surface area contributed by atoms with Crippen LogP contribution in [0.25, 0.3) is 0 Å². The van der Waals surface area contributed by atoms with Crippen molar-refractivity contribution in [3.05, 3.63) is 108 Å². The Morgan fingerprint density at radius 2 is 1.32 bits per heavy atom. The van der Waals surface area contributed by atoms with Crippen LogP contribution in [-0.4, -0.2) is 38.6 Å². The van der Waals surface area contributed by atoms with Gasteiger partial charge in [-0.3, -0.25) is 4.90 Å². The van der Waals surface area contributed by atoms with E-state index < -0.39 is 0 Å². The Balaban J connectivity index is 0.000000267. The van der Waals surface area contributed by atoms with Gasteiger partial charge in [-0.05, 0) is 49.2 Å². The maximum Gasteiger partial charge on any atom is 1.00 e. The van der Waals surface area contributed by atoms with Crippen LogP contribution < -0.4 is 38.9 Å². The van der Waals surface area contributed by atoms with E-state index >= 15 is 0 Å². The van der Waals surface area contributed by atoms with Gasteiger partial charge in [0.2, 0.25) is 0 Å². The topological polar surface area (TPSA) is 25.6 Å². The van der Waals surface area contributed by atoms with Crippen molar-refractivity contribution in [1.29, 1.82) is 0 Å². The normalized spacial score (nSPS) is 23.4. The molecule has 0 saturated heterocycles. The molecule has 0 unspecified atom stereocenters. The van der Waals surface area contributed by atoms with Crippen LogP contribution in [0.4, 0.5) is 0 Å². The molecule has 0 amide bonds. The molecular weight excluding hydrogens is 502 g/mol. The Labute approximate surface area is 267 Å². The summed E-state index contributed by atoms with van der Waals surface area (Å²) in [6.07, 6.45) is 13.3. The second kappa shape index (κ2) is 16.4. The van der Waals surface area contributed by atoms with Crippen LogP contribution in [0, 0.1) is 11.8 Å². The van der Waals surface area contributed by atoms with Crippen LogP contribution in [0.5, 0.6) is 5.75 Å². The molecule has 1 aromatic heterocycles. The molecule has 0 atom stereocenters. The Hall–Kier alpha value is -2.05. The number of ether oxygens (including phenoxy) is 2. The Kier molecular flexibility index (Phi) is 13.3. The first-order chi connectivity index (χ1) is 18.6. The zero-order chi connectivity index (χ0) is 26.2. The second-order valence-corrected chi connectivity index (χ2v) is 11.5. The minimum Gasteiger partial charge on any atom is -1.00 e. The average molecular weight is 547 g/mol. The molecule has 2 heterocycles. The van der Waals surface area contributed by atoms with E-state index in [-0.39, 0.29) is 39.4 Å². The molecule has 2 aliphatic carbocycles. The first kappa shape index (κ1) is 32.5. The van der Waals surface area contributed by atoms with Crippen molar-refractivity contribution in [2.75, 3.05) is 13.1 Å². The predicted octanol–water partition coefficient (Wildman–Crippen LogP) is 3.53. The van der Waals surface area contributed by atoms with Gasteiger partial charge in [0.25, 0.3) is 0 Å². The predicted molar refractivity (Wildman–Crippen MR) is 160 cm³/mol. The molecule has 40 heavy (non-hydrogen) atoms. The second-order valence-electron chi connectivity index (χ2n) is 11.5. The van der Waals surface area contributed by atoms with Gasteiger partial charge in [0.05, 0.1) is 18.0 Å². The molecule has 6 rings (SSSR count).